The van der Waals surface area contributed by atoms with Crippen LogP contribution in [0.3, 0.4) is 0 Å². The summed E-state index contributed by atoms with van der Waals surface area (Å²) in [4.78, 5) is 0. The first kappa shape index (κ1) is 13.4. The molecule has 4 heteroatoms. The largest absolute Gasteiger partial charge is 0.302 e. The number of unbranched alkanes of at least 4 members (excludes halogenated alkanes) is 4. The van der Waals surface area contributed by atoms with Gasteiger partial charge in [0, 0.05) is 12.5 Å². The lowest BCUT2D eigenvalue weighted by Crippen LogP contribution is -2.06. The molecule has 0 fully saturated rings. The average molecular weight is 241 g/mol. The second-order valence-corrected chi connectivity index (χ2v) is 4.96. The normalized spacial score (nSPS) is 11.2. The molecular formula is C12H23N3S. The maximum atomic E-state index is 5.21. The van der Waals surface area contributed by atoms with Gasteiger partial charge >= 0.3 is 0 Å². The van der Waals surface area contributed by atoms with E-state index in [0.29, 0.717) is 6.04 Å². The fraction of sp³-hybridized carbons (Fsp3) is 0.833. The van der Waals surface area contributed by atoms with Crippen LogP contribution in [0, 0.1) is 4.77 Å². The van der Waals surface area contributed by atoms with Gasteiger partial charge in [0.05, 0.1) is 0 Å². The fourth-order valence-corrected chi connectivity index (χ4v) is 2.29. The highest BCUT2D eigenvalue weighted by Crippen LogP contribution is 2.12. The third-order valence-corrected chi connectivity index (χ3v) is 3.09. The smallest absolute Gasteiger partial charge is 0.195 e. The molecule has 1 aromatic heterocycles. The maximum absolute atomic E-state index is 5.21. The van der Waals surface area contributed by atoms with E-state index in [1.807, 2.05) is 0 Å². The molecule has 0 aliphatic heterocycles. The Morgan fingerprint density at radius 1 is 1.25 bits per heavy atom. The second kappa shape index (κ2) is 6.84. The number of rotatable bonds is 7. The quantitative estimate of drug-likeness (QED) is 0.577. The van der Waals surface area contributed by atoms with Crippen molar-refractivity contribution in [3.63, 3.8) is 0 Å². The van der Waals surface area contributed by atoms with Gasteiger partial charge in [-0.1, -0.05) is 32.6 Å². The first-order chi connectivity index (χ1) is 7.66. The number of aromatic amines is 1. The molecule has 1 rings (SSSR count). The van der Waals surface area contributed by atoms with Crippen LogP contribution < -0.4 is 0 Å². The lowest BCUT2D eigenvalue weighted by atomic mass is 10.1. The summed E-state index contributed by atoms with van der Waals surface area (Å²) in [6.07, 6.45) is 7.53. The van der Waals surface area contributed by atoms with E-state index >= 15 is 0 Å². The number of H-pyrrole nitrogens is 1. The van der Waals surface area contributed by atoms with E-state index in [1.54, 1.807) is 0 Å². The van der Waals surface area contributed by atoms with Crippen molar-refractivity contribution in [2.45, 2.75) is 65.3 Å². The van der Waals surface area contributed by atoms with Crippen LogP contribution in [0.2, 0.25) is 0 Å². The molecule has 0 atom stereocenters. The zero-order valence-electron chi connectivity index (χ0n) is 10.6. The van der Waals surface area contributed by atoms with Crippen molar-refractivity contribution < 1.29 is 0 Å². The standard InChI is InChI=1S/C12H23N3S/c1-4-5-6-7-8-9-11-13-14-12(16)15(11)10(2)3/h10H,4-9H2,1-3H3,(H,14,16). The fourth-order valence-electron chi connectivity index (χ4n) is 1.93. The van der Waals surface area contributed by atoms with Crippen molar-refractivity contribution in [2.75, 3.05) is 0 Å². The Morgan fingerprint density at radius 2 is 1.94 bits per heavy atom. The van der Waals surface area contributed by atoms with Gasteiger partial charge < -0.3 is 4.57 Å². The first-order valence-electron chi connectivity index (χ1n) is 6.32. The van der Waals surface area contributed by atoms with Crippen LogP contribution in [0.15, 0.2) is 0 Å². The monoisotopic (exact) mass is 241 g/mol. The summed E-state index contributed by atoms with van der Waals surface area (Å²) in [6.45, 7) is 6.53. The molecule has 0 saturated carbocycles. The van der Waals surface area contributed by atoms with Crippen molar-refractivity contribution >= 4 is 12.2 Å². The summed E-state index contributed by atoms with van der Waals surface area (Å²) in [5.74, 6) is 1.11. The number of hydrogen-bond acceptors (Lipinski definition) is 2. The molecule has 0 aromatic carbocycles. The van der Waals surface area contributed by atoms with E-state index in [1.165, 1.54) is 32.1 Å². The molecule has 16 heavy (non-hydrogen) atoms. The van der Waals surface area contributed by atoms with Gasteiger partial charge in [0.25, 0.3) is 0 Å². The van der Waals surface area contributed by atoms with Gasteiger partial charge in [-0.3, -0.25) is 5.10 Å². The molecule has 0 aliphatic rings. The number of aryl methyl sites for hydroxylation is 1. The summed E-state index contributed by atoms with van der Waals surface area (Å²) in [5, 5.41) is 7.19. The van der Waals surface area contributed by atoms with E-state index in [9.17, 15) is 0 Å². The highest BCUT2D eigenvalue weighted by atomic mass is 32.1. The van der Waals surface area contributed by atoms with Crippen LogP contribution in [0.1, 0.15) is 64.7 Å². The lowest BCUT2D eigenvalue weighted by molar-refractivity contribution is 0.543. The minimum atomic E-state index is 0.400. The number of aromatic nitrogens is 3. The molecule has 0 spiro atoms. The first-order valence-corrected chi connectivity index (χ1v) is 6.73. The van der Waals surface area contributed by atoms with Gasteiger partial charge in [-0.2, -0.15) is 5.10 Å². The average Bonchev–Trinajstić information content (AvgIpc) is 2.59. The molecule has 1 aromatic rings. The van der Waals surface area contributed by atoms with Crippen LogP contribution in [-0.2, 0) is 6.42 Å². The molecule has 0 unspecified atom stereocenters. The van der Waals surface area contributed by atoms with Crippen molar-refractivity contribution in [2.24, 2.45) is 0 Å². The van der Waals surface area contributed by atoms with Gasteiger partial charge in [-0.25, -0.2) is 0 Å². The van der Waals surface area contributed by atoms with Crippen molar-refractivity contribution in [3.05, 3.63) is 10.6 Å². The van der Waals surface area contributed by atoms with E-state index in [-0.39, 0.29) is 0 Å². The van der Waals surface area contributed by atoms with Crippen molar-refractivity contribution in [3.8, 4) is 0 Å². The van der Waals surface area contributed by atoms with Crippen LogP contribution in [0.5, 0.6) is 0 Å². The van der Waals surface area contributed by atoms with Gasteiger partial charge in [0.2, 0.25) is 0 Å². The SMILES string of the molecule is CCCCCCCc1n[nH]c(=S)n1C(C)C. The van der Waals surface area contributed by atoms with Crippen molar-refractivity contribution in [1.82, 2.24) is 14.8 Å². The van der Waals surface area contributed by atoms with Gasteiger partial charge in [0.1, 0.15) is 5.82 Å². The summed E-state index contributed by atoms with van der Waals surface area (Å²) >= 11 is 5.21. The Bertz CT molecular complexity index is 351. The zero-order valence-corrected chi connectivity index (χ0v) is 11.4. The van der Waals surface area contributed by atoms with Crippen molar-refractivity contribution in [1.29, 1.82) is 0 Å². The van der Waals surface area contributed by atoms with Gasteiger partial charge in [-0.15, -0.1) is 0 Å². The summed E-state index contributed by atoms with van der Waals surface area (Å²) in [6, 6.07) is 0.400. The Labute approximate surface area is 103 Å². The highest BCUT2D eigenvalue weighted by Gasteiger charge is 2.08. The van der Waals surface area contributed by atoms with Crippen LogP contribution in [0.4, 0.5) is 0 Å². The van der Waals surface area contributed by atoms with E-state index < -0.39 is 0 Å². The Hall–Kier alpha value is -0.640. The molecule has 0 saturated heterocycles. The molecule has 0 amide bonds. The predicted molar refractivity (Wildman–Crippen MR) is 70.3 cm³/mol. The summed E-state index contributed by atoms with van der Waals surface area (Å²) in [7, 11) is 0. The Balaban J connectivity index is 2.45. The second-order valence-electron chi connectivity index (χ2n) is 4.57. The maximum Gasteiger partial charge on any atom is 0.195 e. The molecule has 3 nitrogen and oxygen atoms in total. The molecular weight excluding hydrogens is 218 g/mol. The molecule has 0 radical (unpaired) electrons. The molecule has 0 bridgehead atoms. The Kier molecular flexibility index (Phi) is 5.74. The van der Waals surface area contributed by atoms with Gasteiger partial charge in [0.15, 0.2) is 4.77 Å². The number of nitrogens with zero attached hydrogens (tertiary/aromatic N) is 2. The minimum absolute atomic E-state index is 0.400. The third kappa shape index (κ3) is 3.74. The van der Waals surface area contributed by atoms with Gasteiger partial charge in [-0.05, 0) is 32.5 Å². The summed E-state index contributed by atoms with van der Waals surface area (Å²) in [5.41, 5.74) is 0. The third-order valence-electron chi connectivity index (χ3n) is 2.80. The highest BCUT2D eigenvalue weighted by molar-refractivity contribution is 7.71. The molecule has 0 aliphatic carbocycles. The molecule has 92 valence electrons. The zero-order chi connectivity index (χ0) is 12.0. The minimum Gasteiger partial charge on any atom is -0.302 e. The van der Waals surface area contributed by atoms with E-state index in [4.69, 9.17) is 12.2 Å². The predicted octanol–water partition coefficient (Wildman–Crippen LogP) is 4.03. The number of nitrogens with one attached hydrogen (secondary N) is 1. The molecule has 1 N–H and O–H groups in total. The Morgan fingerprint density at radius 3 is 2.56 bits per heavy atom. The van der Waals surface area contributed by atoms with Crippen LogP contribution in [-0.4, -0.2) is 14.8 Å². The number of hydrogen-bond donors (Lipinski definition) is 1. The van der Waals surface area contributed by atoms with E-state index in [0.717, 1.165) is 17.0 Å². The molecule has 1 heterocycles. The topological polar surface area (TPSA) is 33.6 Å². The van der Waals surface area contributed by atoms with Crippen LogP contribution in [0.25, 0.3) is 0 Å². The van der Waals surface area contributed by atoms with Crippen LogP contribution >= 0.6 is 12.2 Å². The van der Waals surface area contributed by atoms with E-state index in [2.05, 4.69) is 35.5 Å². The lowest BCUT2D eigenvalue weighted by Gasteiger charge is -2.09. The summed E-state index contributed by atoms with van der Waals surface area (Å²) < 4.78 is 2.87.